The molecule has 0 bridgehead atoms. The van der Waals surface area contributed by atoms with Gasteiger partial charge in [0.15, 0.2) is 0 Å². The van der Waals surface area contributed by atoms with Crippen molar-refractivity contribution in [2.24, 2.45) is 5.73 Å². The summed E-state index contributed by atoms with van der Waals surface area (Å²) in [6.07, 6.45) is 2.26. The monoisotopic (exact) mass is 177 g/mol. The van der Waals surface area contributed by atoms with E-state index in [-0.39, 0.29) is 12.1 Å². The quantitative estimate of drug-likeness (QED) is 0.710. The highest BCUT2D eigenvalue weighted by Crippen LogP contribution is 2.26. The molecule has 70 valence electrons. The van der Waals surface area contributed by atoms with Crippen LogP contribution in [0.15, 0.2) is 30.3 Å². The molecule has 1 aromatic carbocycles. The van der Waals surface area contributed by atoms with E-state index in [1.807, 2.05) is 18.2 Å². The second-order valence-corrected chi connectivity index (χ2v) is 3.51. The zero-order valence-corrected chi connectivity index (χ0v) is 7.65. The molecule has 1 aliphatic rings. The minimum absolute atomic E-state index is 0.106. The molecule has 0 aliphatic carbocycles. The van der Waals surface area contributed by atoms with Gasteiger partial charge in [-0.15, -0.1) is 0 Å². The van der Waals surface area contributed by atoms with Crippen molar-refractivity contribution in [3.63, 3.8) is 0 Å². The Kier molecular flexibility index (Phi) is 2.62. The van der Waals surface area contributed by atoms with Crippen molar-refractivity contribution < 1.29 is 4.74 Å². The van der Waals surface area contributed by atoms with Gasteiger partial charge >= 0.3 is 0 Å². The summed E-state index contributed by atoms with van der Waals surface area (Å²) in [7, 11) is 0. The largest absolute Gasteiger partial charge is 0.372 e. The summed E-state index contributed by atoms with van der Waals surface area (Å²) in [5.74, 6) is 0. The highest BCUT2D eigenvalue weighted by Gasteiger charge is 2.23. The van der Waals surface area contributed by atoms with E-state index in [0.717, 1.165) is 19.4 Å². The summed E-state index contributed by atoms with van der Waals surface area (Å²) < 4.78 is 5.65. The first-order valence-electron chi connectivity index (χ1n) is 4.80. The zero-order valence-electron chi connectivity index (χ0n) is 7.65. The van der Waals surface area contributed by atoms with Crippen LogP contribution in [-0.2, 0) is 4.74 Å². The molecule has 2 N–H and O–H groups in total. The SMILES string of the molecule is N[C@@H]1CCCO[C@H]1c1ccccc1. The van der Waals surface area contributed by atoms with Crippen LogP contribution in [0.3, 0.4) is 0 Å². The number of nitrogens with two attached hydrogens (primary N) is 1. The summed E-state index contributed by atoms with van der Waals surface area (Å²) in [6, 6.07) is 10.4. The highest BCUT2D eigenvalue weighted by atomic mass is 16.5. The number of benzene rings is 1. The third-order valence-corrected chi connectivity index (χ3v) is 2.50. The lowest BCUT2D eigenvalue weighted by Crippen LogP contribution is -2.34. The first-order valence-corrected chi connectivity index (χ1v) is 4.80. The molecule has 1 heterocycles. The average molecular weight is 177 g/mol. The van der Waals surface area contributed by atoms with E-state index in [0.29, 0.717) is 0 Å². The van der Waals surface area contributed by atoms with Gasteiger partial charge in [-0.3, -0.25) is 0 Å². The van der Waals surface area contributed by atoms with Gasteiger partial charge in [0.1, 0.15) is 0 Å². The molecule has 0 aromatic heterocycles. The maximum Gasteiger partial charge on any atom is 0.0975 e. The van der Waals surface area contributed by atoms with Crippen molar-refractivity contribution >= 4 is 0 Å². The Morgan fingerprint density at radius 1 is 1.23 bits per heavy atom. The average Bonchev–Trinajstić information content (AvgIpc) is 2.20. The van der Waals surface area contributed by atoms with Crippen LogP contribution in [0.2, 0.25) is 0 Å². The van der Waals surface area contributed by atoms with Gasteiger partial charge in [-0.25, -0.2) is 0 Å². The summed E-state index contributed by atoms with van der Waals surface area (Å²) >= 11 is 0. The Balaban J connectivity index is 2.15. The standard InChI is InChI=1S/C11H15NO/c12-10-7-4-8-13-11(10)9-5-2-1-3-6-9/h1-3,5-6,10-11H,4,7-8,12H2/t10-,11+/m1/s1. The van der Waals surface area contributed by atoms with Crippen LogP contribution >= 0.6 is 0 Å². The van der Waals surface area contributed by atoms with Crippen molar-refractivity contribution in [2.45, 2.75) is 25.0 Å². The molecular weight excluding hydrogens is 162 g/mol. The van der Waals surface area contributed by atoms with Crippen molar-refractivity contribution in [2.75, 3.05) is 6.61 Å². The topological polar surface area (TPSA) is 35.2 Å². The third-order valence-electron chi connectivity index (χ3n) is 2.50. The number of hydrogen-bond acceptors (Lipinski definition) is 2. The van der Waals surface area contributed by atoms with Crippen LogP contribution in [0.1, 0.15) is 24.5 Å². The van der Waals surface area contributed by atoms with Crippen molar-refractivity contribution in [1.29, 1.82) is 0 Å². The Morgan fingerprint density at radius 3 is 2.69 bits per heavy atom. The van der Waals surface area contributed by atoms with Crippen LogP contribution in [-0.4, -0.2) is 12.6 Å². The molecule has 1 fully saturated rings. The Bertz CT molecular complexity index is 260. The molecule has 0 spiro atoms. The van der Waals surface area contributed by atoms with Gasteiger partial charge in [0.25, 0.3) is 0 Å². The Labute approximate surface area is 78.7 Å². The minimum atomic E-state index is 0.106. The lowest BCUT2D eigenvalue weighted by atomic mass is 9.97. The van der Waals surface area contributed by atoms with Gasteiger partial charge < -0.3 is 10.5 Å². The summed E-state index contributed by atoms with van der Waals surface area (Å²) in [5, 5.41) is 0. The summed E-state index contributed by atoms with van der Waals surface area (Å²) in [5.41, 5.74) is 7.19. The second-order valence-electron chi connectivity index (χ2n) is 3.51. The molecule has 2 atom stereocenters. The van der Waals surface area contributed by atoms with Crippen molar-refractivity contribution in [3.05, 3.63) is 35.9 Å². The van der Waals surface area contributed by atoms with Gasteiger partial charge in [0, 0.05) is 12.6 Å². The normalized spacial score (nSPS) is 28.7. The van der Waals surface area contributed by atoms with Gasteiger partial charge in [0.05, 0.1) is 6.10 Å². The molecule has 0 radical (unpaired) electrons. The predicted octanol–water partition coefficient (Wildman–Crippen LogP) is 1.87. The van der Waals surface area contributed by atoms with E-state index < -0.39 is 0 Å². The van der Waals surface area contributed by atoms with Crippen molar-refractivity contribution in [1.82, 2.24) is 0 Å². The Hall–Kier alpha value is -0.860. The lowest BCUT2D eigenvalue weighted by molar-refractivity contribution is 0.000148. The molecule has 0 amide bonds. The number of ether oxygens (including phenoxy) is 1. The molecule has 2 heteroatoms. The van der Waals surface area contributed by atoms with Crippen LogP contribution in [0.4, 0.5) is 0 Å². The van der Waals surface area contributed by atoms with Gasteiger partial charge in [-0.1, -0.05) is 30.3 Å². The second kappa shape index (κ2) is 3.90. The molecular formula is C11H15NO. The number of rotatable bonds is 1. The lowest BCUT2D eigenvalue weighted by Gasteiger charge is -2.29. The minimum Gasteiger partial charge on any atom is -0.372 e. The fourth-order valence-electron chi connectivity index (χ4n) is 1.79. The van der Waals surface area contributed by atoms with Gasteiger partial charge in [-0.2, -0.15) is 0 Å². The fourth-order valence-corrected chi connectivity index (χ4v) is 1.79. The van der Waals surface area contributed by atoms with Gasteiger partial charge in [0.2, 0.25) is 0 Å². The van der Waals surface area contributed by atoms with Crippen LogP contribution in [0.25, 0.3) is 0 Å². The smallest absolute Gasteiger partial charge is 0.0975 e. The van der Waals surface area contributed by atoms with E-state index in [4.69, 9.17) is 10.5 Å². The van der Waals surface area contributed by atoms with Crippen LogP contribution < -0.4 is 5.73 Å². The van der Waals surface area contributed by atoms with E-state index in [1.165, 1.54) is 5.56 Å². The highest BCUT2D eigenvalue weighted by molar-refractivity contribution is 5.19. The molecule has 1 saturated heterocycles. The first-order chi connectivity index (χ1) is 6.38. The molecule has 1 aliphatic heterocycles. The summed E-state index contributed by atoms with van der Waals surface area (Å²) in [4.78, 5) is 0. The van der Waals surface area contributed by atoms with E-state index in [1.54, 1.807) is 0 Å². The fraction of sp³-hybridized carbons (Fsp3) is 0.455. The molecule has 1 aromatic rings. The van der Waals surface area contributed by atoms with Crippen molar-refractivity contribution in [3.8, 4) is 0 Å². The van der Waals surface area contributed by atoms with Crippen LogP contribution in [0.5, 0.6) is 0 Å². The molecule has 0 unspecified atom stereocenters. The molecule has 13 heavy (non-hydrogen) atoms. The zero-order chi connectivity index (χ0) is 9.10. The molecule has 2 rings (SSSR count). The van der Waals surface area contributed by atoms with E-state index >= 15 is 0 Å². The summed E-state index contributed by atoms with van der Waals surface area (Å²) in [6.45, 7) is 0.841. The Morgan fingerprint density at radius 2 is 2.00 bits per heavy atom. The van der Waals surface area contributed by atoms with E-state index in [2.05, 4.69) is 12.1 Å². The molecule has 2 nitrogen and oxygen atoms in total. The molecule has 0 saturated carbocycles. The predicted molar refractivity (Wildman–Crippen MR) is 52.3 cm³/mol. The van der Waals surface area contributed by atoms with Gasteiger partial charge in [-0.05, 0) is 18.4 Å². The van der Waals surface area contributed by atoms with E-state index in [9.17, 15) is 0 Å². The maximum atomic E-state index is 5.99. The maximum absolute atomic E-state index is 5.99. The van der Waals surface area contributed by atoms with Crippen LogP contribution in [0, 0.1) is 0 Å². The first kappa shape index (κ1) is 8.73. The third kappa shape index (κ3) is 1.90. The number of hydrogen-bond donors (Lipinski definition) is 1.